The maximum atomic E-state index is 7.63. The van der Waals surface area contributed by atoms with Crippen LogP contribution in [0.25, 0.3) is 0 Å². The Morgan fingerprint density at radius 1 is 1.50 bits per heavy atom. The van der Waals surface area contributed by atoms with Crippen LogP contribution >= 0.6 is 15.9 Å². The van der Waals surface area contributed by atoms with E-state index in [1.807, 2.05) is 19.2 Å². The van der Waals surface area contributed by atoms with Gasteiger partial charge in [0.15, 0.2) is 0 Å². The Kier molecular flexibility index (Phi) is 3.52. The molecule has 0 aliphatic rings. The Morgan fingerprint density at radius 2 is 2.14 bits per heavy atom. The van der Waals surface area contributed by atoms with Gasteiger partial charge in [-0.05, 0) is 35.0 Å². The monoisotopic (exact) mass is 256 g/mol. The highest BCUT2D eigenvalue weighted by molar-refractivity contribution is 9.10. The van der Waals surface area contributed by atoms with Crippen molar-refractivity contribution in [2.24, 2.45) is 0 Å². The molecular weight excluding hydrogens is 244 g/mol. The lowest BCUT2D eigenvalue weighted by Gasteiger charge is -2.12. The topological polar surface area (TPSA) is 45.1 Å². The Bertz CT molecular complexity index is 363. The zero-order valence-electron chi connectivity index (χ0n) is 8.44. The van der Waals surface area contributed by atoms with Gasteiger partial charge in [-0.3, -0.25) is 0 Å². The molecule has 0 saturated heterocycles. The molecule has 0 amide bonds. The fourth-order valence-corrected chi connectivity index (χ4v) is 1.89. The quantitative estimate of drug-likeness (QED) is 0.818. The fraction of sp³-hybridized carbons (Fsp3) is 0.300. The summed E-state index contributed by atoms with van der Waals surface area (Å²) in [6.45, 7) is 1.75. The lowest BCUT2D eigenvalue weighted by Crippen LogP contribution is -2.02. The summed E-state index contributed by atoms with van der Waals surface area (Å²) in [4.78, 5) is 0. The number of ether oxygens (including phenoxy) is 1. The molecular formula is C10H13BrN2O. The van der Waals surface area contributed by atoms with Crippen molar-refractivity contribution in [1.82, 2.24) is 0 Å². The highest BCUT2D eigenvalue weighted by Crippen LogP contribution is 2.31. The van der Waals surface area contributed by atoms with Gasteiger partial charge in [-0.1, -0.05) is 0 Å². The van der Waals surface area contributed by atoms with Crippen molar-refractivity contribution in [2.75, 3.05) is 19.5 Å². The average Bonchev–Trinajstić information content (AvgIpc) is 2.16. The van der Waals surface area contributed by atoms with Crippen molar-refractivity contribution in [3.05, 3.63) is 22.2 Å². The Balaban J connectivity index is 3.35. The molecule has 0 saturated carbocycles. The van der Waals surface area contributed by atoms with Crippen LogP contribution in [0.5, 0.6) is 5.75 Å². The summed E-state index contributed by atoms with van der Waals surface area (Å²) < 4.78 is 6.03. The summed E-state index contributed by atoms with van der Waals surface area (Å²) in [6, 6.07) is 3.72. The lowest BCUT2D eigenvalue weighted by molar-refractivity contribution is 0.414. The number of hydrogen-bond donors (Lipinski definition) is 2. The number of hydrogen-bond acceptors (Lipinski definition) is 3. The van der Waals surface area contributed by atoms with E-state index in [9.17, 15) is 0 Å². The van der Waals surface area contributed by atoms with Crippen LogP contribution in [0.3, 0.4) is 0 Å². The van der Waals surface area contributed by atoms with Crippen molar-refractivity contribution in [3.63, 3.8) is 0 Å². The molecule has 76 valence electrons. The lowest BCUT2D eigenvalue weighted by atomic mass is 10.1. The van der Waals surface area contributed by atoms with Crippen LogP contribution in [0.15, 0.2) is 16.6 Å². The van der Waals surface area contributed by atoms with Gasteiger partial charge in [0, 0.05) is 22.8 Å². The van der Waals surface area contributed by atoms with Crippen LogP contribution in [0, 0.1) is 5.41 Å². The van der Waals surface area contributed by atoms with E-state index in [0.29, 0.717) is 5.71 Å². The van der Waals surface area contributed by atoms with Crippen LogP contribution in [-0.2, 0) is 0 Å². The Labute approximate surface area is 92.1 Å². The molecule has 1 aromatic carbocycles. The molecule has 0 unspecified atom stereocenters. The van der Waals surface area contributed by atoms with Gasteiger partial charge in [-0.25, -0.2) is 0 Å². The van der Waals surface area contributed by atoms with E-state index in [4.69, 9.17) is 10.1 Å². The minimum Gasteiger partial charge on any atom is -0.497 e. The van der Waals surface area contributed by atoms with Gasteiger partial charge in [0.1, 0.15) is 5.75 Å². The van der Waals surface area contributed by atoms with E-state index in [2.05, 4.69) is 21.2 Å². The molecule has 0 aliphatic carbocycles. The molecule has 0 heterocycles. The standard InChI is InChI=1S/C10H13BrN2O/c1-6(12)8-4-7(14-3)5-9(11)10(8)13-2/h4-5,12-13H,1-3H3. The number of rotatable bonds is 3. The molecule has 0 fully saturated rings. The van der Waals surface area contributed by atoms with Gasteiger partial charge in [0.05, 0.1) is 12.8 Å². The molecule has 0 bridgehead atoms. The average molecular weight is 257 g/mol. The Hall–Kier alpha value is -1.03. The number of halogens is 1. The van der Waals surface area contributed by atoms with Crippen LogP contribution in [0.1, 0.15) is 12.5 Å². The fourth-order valence-electron chi connectivity index (χ4n) is 1.25. The third kappa shape index (κ3) is 2.07. The maximum Gasteiger partial charge on any atom is 0.120 e. The van der Waals surface area contributed by atoms with Crippen LogP contribution in [0.4, 0.5) is 5.69 Å². The van der Waals surface area contributed by atoms with E-state index >= 15 is 0 Å². The molecule has 0 spiro atoms. The van der Waals surface area contributed by atoms with E-state index in [-0.39, 0.29) is 0 Å². The van der Waals surface area contributed by atoms with Gasteiger partial charge in [-0.2, -0.15) is 0 Å². The normalized spacial score (nSPS) is 9.71. The first kappa shape index (κ1) is 11.0. The second-order valence-electron chi connectivity index (χ2n) is 2.91. The predicted molar refractivity (Wildman–Crippen MR) is 62.7 cm³/mol. The third-order valence-corrected chi connectivity index (χ3v) is 2.58. The zero-order chi connectivity index (χ0) is 10.7. The number of nitrogens with one attached hydrogen (secondary N) is 2. The van der Waals surface area contributed by atoms with Gasteiger partial charge in [0.25, 0.3) is 0 Å². The molecule has 1 aromatic rings. The molecule has 0 radical (unpaired) electrons. The maximum absolute atomic E-state index is 7.63. The highest BCUT2D eigenvalue weighted by atomic mass is 79.9. The van der Waals surface area contributed by atoms with E-state index in [1.54, 1.807) is 14.0 Å². The molecule has 0 aliphatic heterocycles. The first-order valence-electron chi connectivity index (χ1n) is 4.21. The first-order valence-corrected chi connectivity index (χ1v) is 5.00. The van der Waals surface area contributed by atoms with Crippen molar-refractivity contribution in [2.45, 2.75) is 6.92 Å². The third-order valence-electron chi connectivity index (χ3n) is 1.95. The summed E-state index contributed by atoms with van der Waals surface area (Å²) >= 11 is 3.43. The molecule has 1 rings (SSSR count). The minimum absolute atomic E-state index is 0.508. The van der Waals surface area contributed by atoms with Crippen molar-refractivity contribution >= 4 is 27.3 Å². The van der Waals surface area contributed by atoms with Gasteiger partial charge < -0.3 is 15.5 Å². The summed E-state index contributed by atoms with van der Waals surface area (Å²) in [6.07, 6.45) is 0. The molecule has 4 heteroatoms. The van der Waals surface area contributed by atoms with Crippen LogP contribution in [0.2, 0.25) is 0 Å². The van der Waals surface area contributed by atoms with Gasteiger partial charge in [0.2, 0.25) is 0 Å². The number of benzene rings is 1. The zero-order valence-corrected chi connectivity index (χ0v) is 10.0. The SMILES string of the molecule is CNc1c(Br)cc(OC)cc1C(C)=N. The predicted octanol–water partition coefficient (Wildman–Crippen LogP) is 2.89. The molecule has 3 nitrogen and oxygen atoms in total. The van der Waals surface area contributed by atoms with Gasteiger partial charge >= 0.3 is 0 Å². The summed E-state index contributed by atoms with van der Waals surface area (Å²) in [5.41, 5.74) is 2.27. The van der Waals surface area contributed by atoms with Crippen molar-refractivity contribution in [1.29, 1.82) is 5.41 Å². The van der Waals surface area contributed by atoms with E-state index in [0.717, 1.165) is 21.5 Å². The second-order valence-corrected chi connectivity index (χ2v) is 3.76. The summed E-state index contributed by atoms with van der Waals surface area (Å²) in [7, 11) is 3.45. The smallest absolute Gasteiger partial charge is 0.120 e. The first-order chi connectivity index (χ1) is 6.60. The largest absolute Gasteiger partial charge is 0.497 e. The highest BCUT2D eigenvalue weighted by Gasteiger charge is 2.09. The van der Waals surface area contributed by atoms with Crippen LogP contribution < -0.4 is 10.1 Å². The van der Waals surface area contributed by atoms with Crippen molar-refractivity contribution < 1.29 is 4.74 Å². The Morgan fingerprint density at radius 3 is 2.57 bits per heavy atom. The van der Waals surface area contributed by atoms with E-state index in [1.165, 1.54) is 0 Å². The minimum atomic E-state index is 0.508. The molecule has 0 aromatic heterocycles. The second kappa shape index (κ2) is 4.46. The summed E-state index contributed by atoms with van der Waals surface area (Å²) in [5, 5.41) is 10.7. The van der Waals surface area contributed by atoms with Crippen LogP contribution in [-0.4, -0.2) is 19.9 Å². The molecule has 2 N–H and O–H groups in total. The van der Waals surface area contributed by atoms with Crippen molar-refractivity contribution in [3.8, 4) is 5.75 Å². The molecule has 14 heavy (non-hydrogen) atoms. The van der Waals surface area contributed by atoms with E-state index < -0.39 is 0 Å². The molecule has 0 atom stereocenters. The van der Waals surface area contributed by atoms with Gasteiger partial charge in [-0.15, -0.1) is 0 Å². The summed E-state index contributed by atoms with van der Waals surface area (Å²) in [5.74, 6) is 0.748. The number of anilines is 1. The number of methoxy groups -OCH3 is 1.